The van der Waals surface area contributed by atoms with Gasteiger partial charge in [0.25, 0.3) is 11.5 Å². The van der Waals surface area contributed by atoms with Crippen molar-refractivity contribution < 1.29 is 4.79 Å². The van der Waals surface area contributed by atoms with Crippen LogP contribution in [0.1, 0.15) is 59.3 Å². The van der Waals surface area contributed by atoms with E-state index in [1.165, 1.54) is 24.4 Å². The van der Waals surface area contributed by atoms with E-state index < -0.39 is 0 Å². The molecule has 1 aliphatic carbocycles. The molecule has 0 spiro atoms. The first-order valence-electron chi connectivity index (χ1n) is 10.2. The maximum atomic E-state index is 13.2. The van der Waals surface area contributed by atoms with Gasteiger partial charge in [-0.05, 0) is 61.4 Å². The first-order valence-corrected chi connectivity index (χ1v) is 10.2. The molecule has 6 nitrogen and oxygen atoms in total. The molecule has 0 aliphatic heterocycles. The fourth-order valence-corrected chi connectivity index (χ4v) is 4.14. The Morgan fingerprint density at radius 3 is 2.59 bits per heavy atom. The molecular weight excluding hydrogens is 364 g/mol. The highest BCUT2D eigenvalue weighted by Crippen LogP contribution is 2.25. The number of aromatic amines is 1. The number of fused-ring (bicyclic) bond motifs is 1. The summed E-state index contributed by atoms with van der Waals surface area (Å²) in [4.78, 5) is 39.1. The molecule has 0 radical (unpaired) electrons. The number of hydrogen-bond acceptors (Lipinski definition) is 4. The van der Waals surface area contributed by atoms with Crippen LogP contribution in [0.3, 0.4) is 0 Å². The van der Waals surface area contributed by atoms with Gasteiger partial charge in [-0.2, -0.15) is 0 Å². The van der Waals surface area contributed by atoms with Crippen molar-refractivity contribution in [2.75, 3.05) is 0 Å². The molecule has 0 atom stereocenters. The Morgan fingerprint density at radius 1 is 1.10 bits per heavy atom. The molecule has 1 amide bonds. The molecule has 6 heteroatoms. The summed E-state index contributed by atoms with van der Waals surface area (Å²) in [6, 6.07) is 6.12. The average Bonchev–Trinajstić information content (AvgIpc) is 2.74. The number of aromatic nitrogens is 3. The van der Waals surface area contributed by atoms with E-state index in [1.807, 2.05) is 24.0 Å². The summed E-state index contributed by atoms with van der Waals surface area (Å²) in [6.45, 7) is 4.37. The Morgan fingerprint density at radius 2 is 1.86 bits per heavy atom. The number of aryl methyl sites for hydroxylation is 2. The van der Waals surface area contributed by atoms with E-state index in [0.717, 1.165) is 42.1 Å². The predicted molar refractivity (Wildman–Crippen MR) is 113 cm³/mol. The average molecular weight is 390 g/mol. The van der Waals surface area contributed by atoms with Crippen LogP contribution in [0.15, 0.2) is 41.6 Å². The molecule has 0 bridgehead atoms. The second-order valence-electron chi connectivity index (χ2n) is 7.96. The second-order valence-corrected chi connectivity index (χ2v) is 7.96. The topological polar surface area (TPSA) is 79.0 Å². The van der Waals surface area contributed by atoms with E-state index >= 15 is 0 Å². The molecular formula is C23H26N4O2. The van der Waals surface area contributed by atoms with Gasteiger partial charge in [0.2, 0.25) is 0 Å². The third kappa shape index (κ3) is 4.06. The summed E-state index contributed by atoms with van der Waals surface area (Å²) in [7, 11) is 0. The van der Waals surface area contributed by atoms with Crippen LogP contribution in [0, 0.1) is 13.8 Å². The maximum absolute atomic E-state index is 13.2. The van der Waals surface area contributed by atoms with Gasteiger partial charge in [0.1, 0.15) is 5.69 Å². The van der Waals surface area contributed by atoms with E-state index in [-0.39, 0.29) is 24.1 Å². The van der Waals surface area contributed by atoms with Crippen LogP contribution in [-0.2, 0) is 6.54 Å². The van der Waals surface area contributed by atoms with Crippen LogP contribution in [0.5, 0.6) is 0 Å². The first kappa shape index (κ1) is 19.3. The third-order valence-corrected chi connectivity index (χ3v) is 5.93. The van der Waals surface area contributed by atoms with Crippen molar-refractivity contribution in [2.24, 2.45) is 0 Å². The van der Waals surface area contributed by atoms with Crippen LogP contribution in [0.4, 0.5) is 0 Å². The number of carbonyl (C=O) groups is 1. The number of pyridine rings is 1. The molecule has 150 valence electrons. The van der Waals surface area contributed by atoms with E-state index in [2.05, 4.69) is 27.9 Å². The third-order valence-electron chi connectivity index (χ3n) is 5.93. The Labute approximate surface area is 170 Å². The zero-order valence-corrected chi connectivity index (χ0v) is 16.9. The molecule has 1 N–H and O–H groups in total. The number of H-pyrrole nitrogens is 1. The van der Waals surface area contributed by atoms with Crippen LogP contribution in [0.25, 0.3) is 10.9 Å². The largest absolute Gasteiger partial charge is 0.330 e. The first-order chi connectivity index (χ1) is 14.0. The summed E-state index contributed by atoms with van der Waals surface area (Å²) >= 11 is 0. The van der Waals surface area contributed by atoms with E-state index in [4.69, 9.17) is 0 Å². The highest BCUT2D eigenvalue weighted by molar-refractivity contribution is 5.92. The van der Waals surface area contributed by atoms with E-state index in [0.29, 0.717) is 11.3 Å². The molecule has 2 aromatic heterocycles. The SMILES string of the molecule is Cc1cc2cc(CN(C(=O)c3cnccn3)C3CCCCC3)c(=O)[nH]c2cc1C. The Bertz CT molecular complexity index is 1090. The minimum atomic E-state index is -0.162. The fraction of sp³-hybridized carbons (Fsp3) is 0.391. The van der Waals surface area contributed by atoms with Gasteiger partial charge in [-0.3, -0.25) is 14.6 Å². The molecule has 1 aromatic carbocycles. The van der Waals surface area contributed by atoms with Gasteiger partial charge in [-0.25, -0.2) is 4.98 Å². The van der Waals surface area contributed by atoms with Gasteiger partial charge in [-0.1, -0.05) is 19.3 Å². The minimum Gasteiger partial charge on any atom is -0.330 e. The smallest absolute Gasteiger partial charge is 0.274 e. The lowest BCUT2D eigenvalue weighted by molar-refractivity contribution is 0.0607. The lowest BCUT2D eigenvalue weighted by Crippen LogP contribution is -2.42. The lowest BCUT2D eigenvalue weighted by atomic mass is 9.93. The van der Waals surface area contributed by atoms with E-state index in [1.54, 1.807) is 6.20 Å². The van der Waals surface area contributed by atoms with E-state index in [9.17, 15) is 9.59 Å². The van der Waals surface area contributed by atoms with Gasteiger partial charge in [0.15, 0.2) is 0 Å². The van der Waals surface area contributed by atoms with Crippen LogP contribution in [0.2, 0.25) is 0 Å². The molecule has 2 heterocycles. The maximum Gasteiger partial charge on any atom is 0.274 e. The Kier molecular flexibility index (Phi) is 5.43. The number of rotatable bonds is 4. The predicted octanol–water partition coefficient (Wildman–Crippen LogP) is 3.91. The standard InChI is InChI=1S/C23H26N4O2/c1-15-10-17-12-18(22(28)26-20(17)11-16(15)2)14-27(19-6-4-3-5-7-19)23(29)21-13-24-8-9-25-21/h8-13,19H,3-7,14H2,1-2H3,(H,26,28). The zero-order valence-electron chi connectivity index (χ0n) is 16.9. The highest BCUT2D eigenvalue weighted by atomic mass is 16.2. The molecule has 1 fully saturated rings. The molecule has 0 saturated heterocycles. The van der Waals surface area contributed by atoms with Gasteiger partial charge < -0.3 is 9.88 Å². The number of amides is 1. The van der Waals surface area contributed by atoms with Gasteiger partial charge in [0, 0.05) is 29.5 Å². The Balaban J connectivity index is 1.72. The summed E-state index contributed by atoms with van der Waals surface area (Å²) in [5.74, 6) is -0.162. The number of hydrogen-bond donors (Lipinski definition) is 1. The Hall–Kier alpha value is -3.02. The van der Waals surface area contributed by atoms with Crippen molar-refractivity contribution >= 4 is 16.8 Å². The van der Waals surface area contributed by atoms with Crippen LogP contribution in [-0.4, -0.2) is 31.8 Å². The van der Waals surface area contributed by atoms with Crippen molar-refractivity contribution in [2.45, 2.75) is 58.5 Å². The molecule has 29 heavy (non-hydrogen) atoms. The van der Waals surface area contributed by atoms with Crippen molar-refractivity contribution in [1.82, 2.24) is 19.9 Å². The molecule has 1 aliphatic rings. The highest BCUT2D eigenvalue weighted by Gasteiger charge is 2.28. The zero-order chi connectivity index (χ0) is 20.4. The summed E-state index contributed by atoms with van der Waals surface area (Å²) in [6.07, 6.45) is 9.88. The molecule has 0 unspecified atom stereocenters. The van der Waals surface area contributed by atoms with Crippen molar-refractivity contribution in [3.05, 3.63) is 69.5 Å². The number of nitrogens with one attached hydrogen (secondary N) is 1. The summed E-state index contributed by atoms with van der Waals surface area (Å²) in [5, 5.41) is 0.984. The van der Waals surface area contributed by atoms with Gasteiger partial charge in [-0.15, -0.1) is 0 Å². The monoisotopic (exact) mass is 390 g/mol. The summed E-state index contributed by atoms with van der Waals surface area (Å²) < 4.78 is 0. The minimum absolute atomic E-state index is 0.119. The number of nitrogens with zero attached hydrogens (tertiary/aromatic N) is 3. The van der Waals surface area contributed by atoms with Crippen LogP contribution >= 0.6 is 0 Å². The number of benzene rings is 1. The molecule has 4 rings (SSSR count). The van der Waals surface area contributed by atoms with Crippen molar-refractivity contribution in [3.8, 4) is 0 Å². The lowest BCUT2D eigenvalue weighted by Gasteiger charge is -2.34. The molecule has 1 saturated carbocycles. The quantitative estimate of drug-likeness (QED) is 0.732. The van der Waals surface area contributed by atoms with Crippen molar-refractivity contribution in [1.29, 1.82) is 0 Å². The number of carbonyl (C=O) groups excluding carboxylic acids is 1. The molecule has 3 aromatic rings. The van der Waals surface area contributed by atoms with Crippen molar-refractivity contribution in [3.63, 3.8) is 0 Å². The second kappa shape index (κ2) is 8.15. The van der Waals surface area contributed by atoms with Gasteiger partial charge >= 0.3 is 0 Å². The normalized spacial score (nSPS) is 14.8. The van der Waals surface area contributed by atoms with Crippen LogP contribution < -0.4 is 5.56 Å². The van der Waals surface area contributed by atoms with Gasteiger partial charge in [0.05, 0.1) is 12.7 Å². The summed E-state index contributed by atoms with van der Waals surface area (Å²) in [5.41, 5.74) is 3.92. The fourth-order valence-electron chi connectivity index (χ4n) is 4.14.